The third kappa shape index (κ3) is 2.98. The molecule has 0 aliphatic carbocycles. The van der Waals surface area contributed by atoms with Gasteiger partial charge in [0.05, 0.1) is 0 Å². The zero-order chi connectivity index (χ0) is 19.8. The first-order valence-electron chi connectivity index (χ1n) is 9.55. The highest BCUT2D eigenvalue weighted by Gasteiger charge is 2.29. The van der Waals surface area contributed by atoms with Crippen molar-refractivity contribution in [1.29, 1.82) is 0 Å². The van der Waals surface area contributed by atoms with Crippen LogP contribution in [0.4, 0.5) is 0 Å². The predicted molar refractivity (Wildman–Crippen MR) is 122 cm³/mol. The minimum Gasteiger partial charge on any atom is -0.338 e. The summed E-state index contributed by atoms with van der Waals surface area (Å²) >= 11 is 0. The van der Waals surface area contributed by atoms with Gasteiger partial charge in [0.15, 0.2) is 0 Å². The van der Waals surface area contributed by atoms with Gasteiger partial charge in [0, 0.05) is 16.2 Å². The van der Waals surface area contributed by atoms with Gasteiger partial charge in [-0.25, -0.2) is 0 Å². The van der Waals surface area contributed by atoms with Crippen LogP contribution in [0.15, 0.2) is 109 Å². The second-order valence-electron chi connectivity index (χ2n) is 7.12. The van der Waals surface area contributed by atoms with Crippen molar-refractivity contribution in [2.24, 2.45) is 0 Å². The van der Waals surface area contributed by atoms with Crippen LogP contribution in [0.5, 0.6) is 0 Å². The molecule has 0 fully saturated rings. The van der Waals surface area contributed by atoms with Crippen molar-refractivity contribution < 1.29 is 9.46 Å². The fourth-order valence-electron chi connectivity index (χ4n) is 4.01. The van der Waals surface area contributed by atoms with Gasteiger partial charge in [0.1, 0.15) is 0 Å². The Balaban J connectivity index is 1.91. The predicted octanol–water partition coefficient (Wildman–Crippen LogP) is 5.88. The van der Waals surface area contributed by atoms with Crippen LogP contribution in [-0.4, -0.2) is 4.89 Å². The highest BCUT2D eigenvalue weighted by molar-refractivity contribution is 7.73. The Kier molecular flexibility index (Phi) is 4.32. The molecule has 0 aliphatic rings. The van der Waals surface area contributed by atoms with Crippen molar-refractivity contribution in [3.8, 4) is 11.1 Å². The van der Waals surface area contributed by atoms with E-state index in [9.17, 15) is 9.46 Å². The Morgan fingerprint density at radius 1 is 0.552 bits per heavy atom. The summed E-state index contributed by atoms with van der Waals surface area (Å²) in [5.41, 5.74) is 1.80. The van der Waals surface area contributed by atoms with Crippen molar-refractivity contribution in [2.45, 2.75) is 0 Å². The molecule has 0 saturated carbocycles. The van der Waals surface area contributed by atoms with Gasteiger partial charge < -0.3 is 4.89 Å². The van der Waals surface area contributed by atoms with Gasteiger partial charge in [-0.15, -0.1) is 0 Å². The van der Waals surface area contributed by atoms with E-state index in [4.69, 9.17) is 0 Å². The van der Waals surface area contributed by atoms with Crippen LogP contribution >= 0.6 is 7.37 Å². The minimum absolute atomic E-state index is 0.441. The lowest BCUT2D eigenvalue weighted by Gasteiger charge is -2.20. The monoisotopic (exact) mass is 394 g/mol. The SMILES string of the molecule is O=P(O)(c1ccccc1)c1ccc2ccccc2c1-c1cccc2ccccc12. The maximum atomic E-state index is 13.7. The summed E-state index contributed by atoms with van der Waals surface area (Å²) in [6.07, 6.45) is 0. The number of fused-ring (bicyclic) bond motifs is 2. The molecule has 0 spiro atoms. The third-order valence-electron chi connectivity index (χ3n) is 5.40. The Morgan fingerprint density at radius 2 is 1.14 bits per heavy atom. The van der Waals surface area contributed by atoms with Gasteiger partial charge in [0.25, 0.3) is 7.37 Å². The van der Waals surface area contributed by atoms with Crippen molar-refractivity contribution in [2.75, 3.05) is 0 Å². The maximum absolute atomic E-state index is 13.7. The summed E-state index contributed by atoms with van der Waals surface area (Å²) in [6.45, 7) is 0. The Labute approximate surface area is 169 Å². The lowest BCUT2D eigenvalue weighted by Crippen LogP contribution is -2.18. The second-order valence-corrected chi connectivity index (χ2v) is 9.27. The van der Waals surface area contributed by atoms with E-state index in [1.807, 2.05) is 66.7 Å². The fraction of sp³-hybridized carbons (Fsp3) is 0. The normalized spacial score (nSPS) is 13.4. The van der Waals surface area contributed by atoms with Crippen LogP contribution in [0.25, 0.3) is 32.7 Å². The molecule has 140 valence electrons. The number of hydrogen-bond acceptors (Lipinski definition) is 1. The van der Waals surface area contributed by atoms with Crippen LogP contribution in [0, 0.1) is 0 Å². The van der Waals surface area contributed by atoms with Gasteiger partial charge in [-0.3, -0.25) is 4.57 Å². The second kappa shape index (κ2) is 7.00. The van der Waals surface area contributed by atoms with E-state index in [0.717, 1.165) is 32.7 Å². The number of benzene rings is 5. The molecule has 0 aromatic heterocycles. The van der Waals surface area contributed by atoms with E-state index in [2.05, 4.69) is 18.2 Å². The third-order valence-corrected chi connectivity index (χ3v) is 7.42. The van der Waals surface area contributed by atoms with Gasteiger partial charge in [0.2, 0.25) is 0 Å². The molecule has 3 heteroatoms. The largest absolute Gasteiger partial charge is 0.338 e. The average molecular weight is 394 g/mol. The summed E-state index contributed by atoms with van der Waals surface area (Å²) in [6, 6.07) is 35.0. The summed E-state index contributed by atoms with van der Waals surface area (Å²) in [5, 5.41) is 5.12. The molecule has 0 radical (unpaired) electrons. The maximum Gasteiger partial charge on any atom is 0.259 e. The molecule has 1 atom stereocenters. The molecule has 1 N–H and O–H groups in total. The molecule has 0 saturated heterocycles. The van der Waals surface area contributed by atoms with Gasteiger partial charge in [-0.05, 0) is 45.3 Å². The molecule has 0 bridgehead atoms. The number of hydrogen-bond donors (Lipinski definition) is 1. The topological polar surface area (TPSA) is 37.3 Å². The molecule has 29 heavy (non-hydrogen) atoms. The zero-order valence-corrected chi connectivity index (χ0v) is 16.6. The molecule has 0 amide bonds. The van der Waals surface area contributed by atoms with Gasteiger partial charge in [-0.2, -0.15) is 0 Å². The molecule has 0 heterocycles. The first-order chi connectivity index (χ1) is 14.2. The molecule has 5 aromatic rings. The standard InChI is InChI=1S/C26H19O2P/c27-29(28,21-12-2-1-3-13-21)25-18-17-20-10-5-7-15-23(20)26(25)24-16-8-11-19-9-4-6-14-22(19)24/h1-18H,(H,27,28). The molecular formula is C26H19O2P. The van der Waals surface area contributed by atoms with Gasteiger partial charge >= 0.3 is 0 Å². The lowest BCUT2D eigenvalue weighted by molar-refractivity contribution is 0.501. The quantitative estimate of drug-likeness (QED) is 0.388. The van der Waals surface area contributed by atoms with Crippen molar-refractivity contribution >= 4 is 39.5 Å². The van der Waals surface area contributed by atoms with Crippen LogP contribution in [0.1, 0.15) is 0 Å². The van der Waals surface area contributed by atoms with Gasteiger partial charge in [-0.1, -0.05) is 91.0 Å². The van der Waals surface area contributed by atoms with Crippen LogP contribution in [0.3, 0.4) is 0 Å². The Bertz CT molecular complexity index is 1380. The number of rotatable bonds is 3. The van der Waals surface area contributed by atoms with E-state index >= 15 is 0 Å². The smallest absolute Gasteiger partial charge is 0.259 e. The summed E-state index contributed by atoms with van der Waals surface area (Å²) in [4.78, 5) is 11.3. The summed E-state index contributed by atoms with van der Waals surface area (Å²) < 4.78 is 13.7. The molecule has 5 rings (SSSR count). The summed E-state index contributed by atoms with van der Waals surface area (Å²) in [5.74, 6) is 0. The summed E-state index contributed by atoms with van der Waals surface area (Å²) in [7, 11) is -3.78. The highest BCUT2D eigenvalue weighted by Crippen LogP contribution is 2.45. The van der Waals surface area contributed by atoms with E-state index in [0.29, 0.717) is 10.6 Å². The first-order valence-corrected chi connectivity index (χ1v) is 11.2. The Morgan fingerprint density at radius 3 is 1.90 bits per heavy atom. The Hall–Kier alpha value is -3.19. The van der Waals surface area contributed by atoms with E-state index in [1.54, 1.807) is 24.3 Å². The van der Waals surface area contributed by atoms with Crippen LogP contribution < -0.4 is 10.6 Å². The molecule has 5 aromatic carbocycles. The first kappa shape index (κ1) is 17.9. The molecular weight excluding hydrogens is 375 g/mol. The highest BCUT2D eigenvalue weighted by atomic mass is 31.2. The minimum atomic E-state index is -3.78. The molecule has 1 unspecified atom stereocenters. The van der Waals surface area contributed by atoms with E-state index in [-0.39, 0.29) is 0 Å². The van der Waals surface area contributed by atoms with E-state index < -0.39 is 7.37 Å². The van der Waals surface area contributed by atoms with E-state index in [1.165, 1.54) is 0 Å². The van der Waals surface area contributed by atoms with Crippen molar-refractivity contribution in [3.63, 3.8) is 0 Å². The van der Waals surface area contributed by atoms with Crippen LogP contribution in [-0.2, 0) is 4.57 Å². The molecule has 2 nitrogen and oxygen atoms in total. The van der Waals surface area contributed by atoms with Crippen LogP contribution in [0.2, 0.25) is 0 Å². The van der Waals surface area contributed by atoms with Crippen molar-refractivity contribution in [1.82, 2.24) is 0 Å². The lowest BCUT2D eigenvalue weighted by atomic mass is 9.94. The molecule has 0 aliphatic heterocycles. The van der Waals surface area contributed by atoms with Crippen molar-refractivity contribution in [3.05, 3.63) is 109 Å². The zero-order valence-electron chi connectivity index (χ0n) is 15.7. The fourth-order valence-corrected chi connectivity index (χ4v) is 5.68. The average Bonchev–Trinajstić information content (AvgIpc) is 2.78.